The highest BCUT2D eigenvalue weighted by molar-refractivity contribution is 6.32. The number of hydrogen-bond acceptors (Lipinski definition) is 5. The Morgan fingerprint density at radius 2 is 2.04 bits per heavy atom. The summed E-state index contributed by atoms with van der Waals surface area (Å²) < 4.78 is 30.4. The third kappa shape index (κ3) is 4.34. The van der Waals surface area contributed by atoms with Crippen LogP contribution < -0.4 is 9.47 Å². The minimum atomic E-state index is -0.671. The number of nitrogens with zero attached hydrogens (tertiary/aromatic N) is 1. The van der Waals surface area contributed by atoms with Crippen molar-refractivity contribution in [1.82, 2.24) is 0 Å². The van der Waals surface area contributed by atoms with Crippen molar-refractivity contribution in [2.24, 2.45) is 4.99 Å². The van der Waals surface area contributed by atoms with E-state index in [1.54, 1.807) is 24.3 Å². The number of ether oxygens (including phenoxy) is 3. The summed E-state index contributed by atoms with van der Waals surface area (Å²) in [6.07, 6.45) is 1.42. The molecule has 0 N–H and O–H groups in total. The molecule has 1 heterocycles. The highest BCUT2D eigenvalue weighted by Crippen LogP contribution is 2.38. The fraction of sp³-hybridized carbons (Fsp3) is 0.238. The van der Waals surface area contributed by atoms with Crippen LogP contribution in [0.15, 0.2) is 47.1 Å². The third-order valence-corrected chi connectivity index (χ3v) is 3.99. The van der Waals surface area contributed by atoms with Crippen molar-refractivity contribution in [3.8, 4) is 11.5 Å². The summed E-state index contributed by atoms with van der Waals surface area (Å²) >= 11 is 6.35. The van der Waals surface area contributed by atoms with Crippen LogP contribution in [0.5, 0.6) is 11.5 Å². The van der Waals surface area contributed by atoms with Crippen LogP contribution >= 0.6 is 11.6 Å². The largest absolute Gasteiger partial charge is 0.490 e. The normalized spacial score (nSPS) is 15.0. The van der Waals surface area contributed by atoms with Gasteiger partial charge < -0.3 is 14.2 Å². The summed E-state index contributed by atoms with van der Waals surface area (Å²) in [6, 6.07) is 9.28. The Bertz CT molecular complexity index is 969. The summed E-state index contributed by atoms with van der Waals surface area (Å²) in [4.78, 5) is 16.3. The summed E-state index contributed by atoms with van der Waals surface area (Å²) in [5, 5.41) is 0.344. The SMILES string of the molecule is CCOc1cc(/C=C2\N=C(c3ccccc3F)OC2=O)cc(Cl)c1OC(C)C. The second-order valence-electron chi connectivity index (χ2n) is 6.25. The maximum atomic E-state index is 13.9. The van der Waals surface area contributed by atoms with Crippen LogP contribution in [0, 0.1) is 5.82 Å². The molecule has 0 fully saturated rings. The summed E-state index contributed by atoms with van der Waals surface area (Å²) in [5.74, 6) is -0.377. The van der Waals surface area contributed by atoms with E-state index in [4.69, 9.17) is 25.8 Å². The predicted octanol–water partition coefficient (Wildman–Crippen LogP) is 5.01. The van der Waals surface area contributed by atoms with Gasteiger partial charge in [0.05, 0.1) is 23.3 Å². The standard InChI is InChI=1S/C21H19ClFNO4/c1-4-26-18-11-13(9-15(22)19(18)27-12(2)3)10-17-21(25)28-20(24-17)14-7-5-6-8-16(14)23/h5-12H,4H2,1-3H3/b17-10-. The Hall–Kier alpha value is -2.86. The van der Waals surface area contributed by atoms with Crippen molar-refractivity contribution < 1.29 is 23.4 Å². The molecule has 2 aromatic rings. The molecule has 0 amide bonds. The Labute approximate surface area is 167 Å². The Morgan fingerprint density at radius 1 is 1.29 bits per heavy atom. The molecule has 146 valence electrons. The van der Waals surface area contributed by atoms with Gasteiger partial charge in [0.25, 0.3) is 0 Å². The number of halogens is 2. The molecule has 3 rings (SSSR count). The van der Waals surface area contributed by atoms with Crippen LogP contribution in [0.2, 0.25) is 5.02 Å². The van der Waals surface area contributed by atoms with Crippen molar-refractivity contribution in [3.63, 3.8) is 0 Å². The van der Waals surface area contributed by atoms with Crippen LogP contribution in [-0.4, -0.2) is 24.6 Å². The average molecular weight is 404 g/mol. The fourth-order valence-corrected chi connectivity index (χ4v) is 2.86. The molecule has 2 aromatic carbocycles. The van der Waals surface area contributed by atoms with E-state index in [1.165, 1.54) is 18.2 Å². The highest BCUT2D eigenvalue weighted by Gasteiger charge is 2.26. The van der Waals surface area contributed by atoms with Gasteiger partial charge in [0.2, 0.25) is 5.90 Å². The number of aliphatic imine (C=N–C) groups is 1. The number of benzene rings is 2. The van der Waals surface area contributed by atoms with Gasteiger partial charge in [-0.3, -0.25) is 0 Å². The number of rotatable bonds is 6. The monoisotopic (exact) mass is 403 g/mol. The second-order valence-corrected chi connectivity index (χ2v) is 6.65. The molecule has 0 aliphatic carbocycles. The first kappa shape index (κ1) is 19.9. The van der Waals surface area contributed by atoms with Crippen LogP contribution in [0.1, 0.15) is 31.9 Å². The molecule has 0 saturated carbocycles. The molecule has 1 aliphatic rings. The van der Waals surface area contributed by atoms with Gasteiger partial charge in [-0.05, 0) is 56.7 Å². The zero-order valence-electron chi connectivity index (χ0n) is 15.7. The molecule has 0 atom stereocenters. The zero-order chi connectivity index (χ0) is 20.3. The van der Waals surface area contributed by atoms with Gasteiger partial charge in [0.15, 0.2) is 17.2 Å². The predicted molar refractivity (Wildman–Crippen MR) is 105 cm³/mol. The topological polar surface area (TPSA) is 57.1 Å². The number of carbonyl (C=O) groups is 1. The van der Waals surface area contributed by atoms with E-state index in [2.05, 4.69) is 4.99 Å². The van der Waals surface area contributed by atoms with E-state index in [1.807, 2.05) is 20.8 Å². The van der Waals surface area contributed by atoms with Gasteiger partial charge in [-0.2, -0.15) is 0 Å². The van der Waals surface area contributed by atoms with Gasteiger partial charge in [0.1, 0.15) is 5.82 Å². The second kappa shape index (κ2) is 8.44. The molecular formula is C21H19ClFNO4. The smallest absolute Gasteiger partial charge is 0.363 e. The van der Waals surface area contributed by atoms with Gasteiger partial charge in [-0.25, -0.2) is 14.2 Å². The first-order valence-electron chi connectivity index (χ1n) is 8.79. The van der Waals surface area contributed by atoms with Crippen molar-refractivity contribution in [2.45, 2.75) is 26.9 Å². The molecule has 0 aromatic heterocycles. The van der Waals surface area contributed by atoms with Crippen LogP contribution in [0.3, 0.4) is 0 Å². The van der Waals surface area contributed by atoms with Crippen molar-refractivity contribution in [3.05, 3.63) is 64.1 Å². The van der Waals surface area contributed by atoms with Gasteiger partial charge in [0, 0.05) is 0 Å². The number of esters is 1. The lowest BCUT2D eigenvalue weighted by molar-refractivity contribution is -0.129. The van der Waals surface area contributed by atoms with Crippen molar-refractivity contribution in [2.75, 3.05) is 6.61 Å². The van der Waals surface area contributed by atoms with Crippen molar-refractivity contribution in [1.29, 1.82) is 0 Å². The lowest BCUT2D eigenvalue weighted by Gasteiger charge is -2.16. The molecule has 28 heavy (non-hydrogen) atoms. The maximum Gasteiger partial charge on any atom is 0.363 e. The molecule has 5 nitrogen and oxygen atoms in total. The fourth-order valence-electron chi connectivity index (χ4n) is 2.60. The molecule has 1 aliphatic heterocycles. The maximum absolute atomic E-state index is 13.9. The molecule has 7 heteroatoms. The Kier molecular flexibility index (Phi) is 5.99. The Balaban J connectivity index is 1.98. The highest BCUT2D eigenvalue weighted by atomic mass is 35.5. The summed E-state index contributed by atoms with van der Waals surface area (Å²) in [5.41, 5.74) is 0.734. The number of hydrogen-bond donors (Lipinski definition) is 0. The average Bonchev–Trinajstić information content (AvgIpc) is 2.99. The van der Waals surface area contributed by atoms with E-state index >= 15 is 0 Å². The quantitative estimate of drug-likeness (QED) is 0.502. The number of cyclic esters (lactones) is 1. The van der Waals surface area contributed by atoms with Crippen LogP contribution in [-0.2, 0) is 9.53 Å². The molecule has 0 spiro atoms. The first-order chi connectivity index (χ1) is 13.4. The number of carbonyl (C=O) groups excluding carboxylic acids is 1. The molecular weight excluding hydrogens is 385 g/mol. The first-order valence-corrected chi connectivity index (χ1v) is 9.17. The molecule has 0 bridgehead atoms. The van der Waals surface area contributed by atoms with Crippen molar-refractivity contribution >= 4 is 29.5 Å². The van der Waals surface area contributed by atoms with E-state index in [0.717, 1.165) is 0 Å². The lowest BCUT2D eigenvalue weighted by atomic mass is 10.1. The molecule has 0 radical (unpaired) electrons. The van der Waals surface area contributed by atoms with Crippen LogP contribution in [0.4, 0.5) is 4.39 Å². The lowest BCUT2D eigenvalue weighted by Crippen LogP contribution is -2.08. The minimum absolute atomic E-state index is 0.0364. The third-order valence-electron chi connectivity index (χ3n) is 3.71. The van der Waals surface area contributed by atoms with E-state index in [-0.39, 0.29) is 23.3 Å². The van der Waals surface area contributed by atoms with E-state index in [9.17, 15) is 9.18 Å². The van der Waals surface area contributed by atoms with Gasteiger partial charge in [-0.15, -0.1) is 0 Å². The van der Waals surface area contributed by atoms with E-state index in [0.29, 0.717) is 28.7 Å². The Morgan fingerprint density at radius 3 is 2.71 bits per heavy atom. The van der Waals surface area contributed by atoms with Gasteiger partial charge >= 0.3 is 5.97 Å². The van der Waals surface area contributed by atoms with E-state index < -0.39 is 11.8 Å². The molecule has 0 unspecified atom stereocenters. The molecule has 0 saturated heterocycles. The summed E-state index contributed by atoms with van der Waals surface area (Å²) in [6.45, 7) is 6.03. The summed E-state index contributed by atoms with van der Waals surface area (Å²) in [7, 11) is 0. The zero-order valence-corrected chi connectivity index (χ0v) is 16.4. The van der Waals surface area contributed by atoms with Gasteiger partial charge in [-0.1, -0.05) is 23.7 Å². The minimum Gasteiger partial charge on any atom is -0.490 e. The van der Waals surface area contributed by atoms with Crippen LogP contribution in [0.25, 0.3) is 6.08 Å².